The van der Waals surface area contributed by atoms with Gasteiger partial charge in [-0.05, 0) is 18.9 Å². The van der Waals surface area contributed by atoms with Gasteiger partial charge in [-0.3, -0.25) is 4.79 Å². The third-order valence-corrected chi connectivity index (χ3v) is 4.16. The Labute approximate surface area is 122 Å². The molecule has 0 aromatic heterocycles. The first-order valence-corrected chi connectivity index (χ1v) is 7.29. The zero-order valence-corrected chi connectivity index (χ0v) is 12.0. The first-order chi connectivity index (χ1) is 9.09. The summed E-state index contributed by atoms with van der Waals surface area (Å²) in [5, 5.41) is 1.82. The standard InChI is InChI=1S/C14H16Cl2FNO/c15-11-8-4-7-10(13(11)17)12(16)14(19)18-9-5-2-1-3-6-9/h4,7-9,12H,1-3,5-6H2,(H,18,19). The third-order valence-electron chi connectivity index (χ3n) is 3.44. The van der Waals surface area contributed by atoms with Crippen molar-refractivity contribution in [3.63, 3.8) is 0 Å². The minimum absolute atomic E-state index is 0.0198. The van der Waals surface area contributed by atoms with E-state index in [2.05, 4.69) is 5.32 Å². The molecule has 1 N–H and O–H groups in total. The van der Waals surface area contributed by atoms with Gasteiger partial charge in [0.05, 0.1) is 5.02 Å². The summed E-state index contributed by atoms with van der Waals surface area (Å²) >= 11 is 11.7. The van der Waals surface area contributed by atoms with Gasteiger partial charge in [0.2, 0.25) is 5.91 Å². The Hall–Kier alpha value is -0.800. The molecule has 0 saturated heterocycles. The van der Waals surface area contributed by atoms with E-state index < -0.39 is 11.2 Å². The maximum absolute atomic E-state index is 13.8. The number of nitrogens with one attached hydrogen (secondary N) is 1. The van der Waals surface area contributed by atoms with Crippen molar-refractivity contribution in [2.75, 3.05) is 0 Å². The van der Waals surface area contributed by atoms with Crippen molar-refractivity contribution in [2.45, 2.75) is 43.5 Å². The van der Waals surface area contributed by atoms with Crippen LogP contribution in [0.15, 0.2) is 18.2 Å². The lowest BCUT2D eigenvalue weighted by Crippen LogP contribution is -2.38. The van der Waals surface area contributed by atoms with Crippen molar-refractivity contribution in [1.82, 2.24) is 5.32 Å². The minimum Gasteiger partial charge on any atom is -0.352 e. The Kier molecular flexibility index (Phi) is 5.06. The molecule has 5 heteroatoms. The second kappa shape index (κ2) is 6.58. The normalized spacial score (nSPS) is 18.1. The predicted octanol–water partition coefficient (Wildman–Crippen LogP) is 4.21. The molecule has 2 rings (SSSR count). The highest BCUT2D eigenvalue weighted by Crippen LogP contribution is 2.28. The molecule has 1 fully saturated rings. The fraction of sp³-hybridized carbons (Fsp3) is 0.500. The first kappa shape index (κ1) is 14.6. The molecule has 1 atom stereocenters. The number of amides is 1. The number of carbonyl (C=O) groups excluding carboxylic acids is 1. The molecule has 19 heavy (non-hydrogen) atoms. The van der Waals surface area contributed by atoms with Crippen LogP contribution in [0.4, 0.5) is 4.39 Å². The lowest BCUT2D eigenvalue weighted by atomic mass is 9.95. The molecule has 0 bridgehead atoms. The molecule has 1 aliphatic rings. The molecule has 0 heterocycles. The van der Waals surface area contributed by atoms with Gasteiger partial charge in [0, 0.05) is 11.6 Å². The monoisotopic (exact) mass is 303 g/mol. The maximum Gasteiger partial charge on any atom is 0.242 e. The molecule has 0 spiro atoms. The molecule has 1 aliphatic carbocycles. The van der Waals surface area contributed by atoms with Gasteiger partial charge in [0.1, 0.15) is 11.2 Å². The first-order valence-electron chi connectivity index (χ1n) is 6.48. The summed E-state index contributed by atoms with van der Waals surface area (Å²) in [7, 11) is 0. The second-order valence-corrected chi connectivity index (χ2v) is 5.69. The Balaban J connectivity index is 2.03. The van der Waals surface area contributed by atoms with Crippen LogP contribution in [0.1, 0.15) is 43.0 Å². The Bertz CT molecular complexity index is 461. The molecule has 0 aliphatic heterocycles. The van der Waals surface area contributed by atoms with Gasteiger partial charge < -0.3 is 5.32 Å². The Morgan fingerprint density at radius 1 is 1.32 bits per heavy atom. The fourth-order valence-corrected chi connectivity index (χ4v) is 2.79. The molecule has 1 unspecified atom stereocenters. The van der Waals surface area contributed by atoms with Gasteiger partial charge in [-0.15, -0.1) is 11.6 Å². The van der Waals surface area contributed by atoms with Crippen molar-refractivity contribution >= 4 is 29.1 Å². The second-order valence-electron chi connectivity index (χ2n) is 4.85. The van der Waals surface area contributed by atoms with Crippen molar-refractivity contribution in [1.29, 1.82) is 0 Å². The van der Waals surface area contributed by atoms with Gasteiger partial charge in [-0.1, -0.05) is 43.0 Å². The van der Waals surface area contributed by atoms with Gasteiger partial charge >= 0.3 is 0 Å². The van der Waals surface area contributed by atoms with Crippen LogP contribution in [0.25, 0.3) is 0 Å². The number of hydrogen-bond donors (Lipinski definition) is 1. The van der Waals surface area contributed by atoms with Gasteiger partial charge in [0.25, 0.3) is 0 Å². The minimum atomic E-state index is -1.04. The van der Waals surface area contributed by atoms with Crippen LogP contribution in [0.5, 0.6) is 0 Å². The van der Waals surface area contributed by atoms with Crippen molar-refractivity contribution < 1.29 is 9.18 Å². The Morgan fingerprint density at radius 2 is 2.00 bits per heavy atom. The molecule has 104 valence electrons. The summed E-state index contributed by atoms with van der Waals surface area (Å²) in [5.41, 5.74) is 0.127. The quantitative estimate of drug-likeness (QED) is 0.833. The van der Waals surface area contributed by atoms with Crippen molar-refractivity contribution in [3.05, 3.63) is 34.6 Å². The summed E-state index contributed by atoms with van der Waals surface area (Å²) in [4.78, 5) is 12.0. The van der Waals surface area contributed by atoms with Crippen LogP contribution in [0.2, 0.25) is 5.02 Å². The van der Waals surface area contributed by atoms with Crippen LogP contribution in [0.3, 0.4) is 0 Å². The maximum atomic E-state index is 13.8. The van der Waals surface area contributed by atoms with E-state index in [1.165, 1.54) is 18.6 Å². The van der Waals surface area contributed by atoms with E-state index in [1.54, 1.807) is 6.07 Å². The summed E-state index contributed by atoms with van der Waals surface area (Å²) in [5.74, 6) is -0.974. The highest BCUT2D eigenvalue weighted by Gasteiger charge is 2.25. The topological polar surface area (TPSA) is 29.1 Å². The largest absolute Gasteiger partial charge is 0.352 e. The number of alkyl halides is 1. The molecule has 1 aromatic rings. The zero-order chi connectivity index (χ0) is 13.8. The zero-order valence-electron chi connectivity index (χ0n) is 10.5. The molecule has 1 amide bonds. The van der Waals surface area contributed by atoms with Crippen molar-refractivity contribution in [3.8, 4) is 0 Å². The lowest BCUT2D eigenvalue weighted by Gasteiger charge is -2.24. The highest BCUT2D eigenvalue weighted by molar-refractivity contribution is 6.32. The summed E-state index contributed by atoms with van der Waals surface area (Å²) < 4.78 is 13.8. The van der Waals surface area contributed by atoms with E-state index in [0.29, 0.717) is 0 Å². The van der Waals surface area contributed by atoms with E-state index in [-0.39, 0.29) is 22.5 Å². The van der Waals surface area contributed by atoms with Crippen LogP contribution in [-0.2, 0) is 4.79 Å². The fourth-order valence-electron chi connectivity index (χ4n) is 2.38. The molecular formula is C14H16Cl2FNO. The van der Waals surface area contributed by atoms with Crippen LogP contribution in [-0.4, -0.2) is 11.9 Å². The summed E-state index contributed by atoms with van der Waals surface area (Å²) in [6.45, 7) is 0. The summed E-state index contributed by atoms with van der Waals surface area (Å²) in [6, 6.07) is 4.66. The highest BCUT2D eigenvalue weighted by atomic mass is 35.5. The van der Waals surface area contributed by atoms with Gasteiger partial charge in [0.15, 0.2) is 0 Å². The lowest BCUT2D eigenvalue weighted by molar-refractivity contribution is -0.121. The van der Waals surface area contributed by atoms with Gasteiger partial charge in [-0.25, -0.2) is 4.39 Å². The van der Waals surface area contributed by atoms with Crippen molar-refractivity contribution in [2.24, 2.45) is 0 Å². The number of benzene rings is 1. The van der Waals surface area contributed by atoms with E-state index in [4.69, 9.17) is 23.2 Å². The average molecular weight is 304 g/mol. The van der Waals surface area contributed by atoms with Crippen LogP contribution >= 0.6 is 23.2 Å². The average Bonchev–Trinajstić information content (AvgIpc) is 2.42. The van der Waals surface area contributed by atoms with Crippen LogP contribution < -0.4 is 5.32 Å². The SMILES string of the molecule is O=C(NC1CCCCC1)C(Cl)c1cccc(Cl)c1F. The number of halogens is 3. The number of carbonyl (C=O) groups is 1. The van der Waals surface area contributed by atoms with E-state index in [1.807, 2.05) is 0 Å². The smallest absolute Gasteiger partial charge is 0.242 e. The van der Waals surface area contributed by atoms with Crippen LogP contribution in [0, 0.1) is 5.82 Å². The molecular weight excluding hydrogens is 288 g/mol. The third kappa shape index (κ3) is 3.61. The Morgan fingerprint density at radius 3 is 2.68 bits per heavy atom. The molecule has 0 radical (unpaired) electrons. The number of rotatable bonds is 3. The predicted molar refractivity (Wildman–Crippen MR) is 75.0 cm³/mol. The van der Waals surface area contributed by atoms with E-state index in [0.717, 1.165) is 25.7 Å². The molecule has 2 nitrogen and oxygen atoms in total. The summed E-state index contributed by atoms with van der Waals surface area (Å²) in [6.07, 6.45) is 5.37. The molecule has 1 saturated carbocycles. The van der Waals surface area contributed by atoms with E-state index >= 15 is 0 Å². The van der Waals surface area contributed by atoms with Gasteiger partial charge in [-0.2, -0.15) is 0 Å². The number of hydrogen-bond acceptors (Lipinski definition) is 1. The molecule has 1 aromatic carbocycles. The van der Waals surface area contributed by atoms with E-state index in [9.17, 15) is 9.18 Å².